The number of para-hydroxylation sites is 1. The maximum atomic E-state index is 12.5. The molecule has 2 aromatic heterocycles. The molecular weight excluding hydrogens is 378 g/mol. The lowest BCUT2D eigenvalue weighted by Crippen LogP contribution is -2.48. The number of H-pyrrole nitrogens is 1. The Kier molecular flexibility index (Phi) is 5.81. The van der Waals surface area contributed by atoms with Gasteiger partial charge in [0.25, 0.3) is 0 Å². The van der Waals surface area contributed by atoms with Crippen molar-refractivity contribution in [3.05, 3.63) is 57.4 Å². The number of thiophene rings is 1. The maximum absolute atomic E-state index is 12.5. The molecule has 3 heterocycles. The average Bonchev–Trinajstić information content (AvgIpc) is 3.28. The van der Waals surface area contributed by atoms with Crippen LogP contribution in [0.1, 0.15) is 23.3 Å². The number of aromatic nitrogens is 1. The Hall–Kier alpha value is -1.82. The van der Waals surface area contributed by atoms with Gasteiger partial charge in [-0.05, 0) is 36.6 Å². The Morgan fingerprint density at radius 3 is 2.70 bits per heavy atom. The van der Waals surface area contributed by atoms with Gasteiger partial charge in [0.1, 0.15) is 0 Å². The molecule has 27 heavy (non-hydrogen) atoms. The predicted molar refractivity (Wildman–Crippen MR) is 112 cm³/mol. The van der Waals surface area contributed by atoms with Crippen LogP contribution in [0.15, 0.2) is 42.6 Å². The van der Waals surface area contributed by atoms with E-state index in [1.54, 1.807) is 11.3 Å². The fourth-order valence-electron chi connectivity index (χ4n) is 3.74. The van der Waals surface area contributed by atoms with Gasteiger partial charge in [0.2, 0.25) is 5.91 Å². The van der Waals surface area contributed by atoms with Crippen molar-refractivity contribution in [3.8, 4) is 0 Å². The van der Waals surface area contributed by atoms with Crippen LogP contribution in [0.5, 0.6) is 0 Å². The Morgan fingerprint density at radius 2 is 1.93 bits per heavy atom. The Morgan fingerprint density at radius 1 is 1.11 bits per heavy atom. The topological polar surface area (TPSA) is 39.3 Å². The second-order valence-corrected chi connectivity index (χ2v) is 8.88. The van der Waals surface area contributed by atoms with Gasteiger partial charge in [-0.1, -0.05) is 29.8 Å². The predicted octanol–water partition coefficient (Wildman–Crippen LogP) is 4.55. The summed E-state index contributed by atoms with van der Waals surface area (Å²) in [5.74, 6) is 0.286. The van der Waals surface area contributed by atoms with E-state index in [4.69, 9.17) is 11.6 Å². The average molecular weight is 402 g/mol. The van der Waals surface area contributed by atoms with Gasteiger partial charge in [0.05, 0.1) is 4.34 Å². The zero-order chi connectivity index (χ0) is 18.6. The van der Waals surface area contributed by atoms with Crippen LogP contribution in [-0.4, -0.2) is 46.9 Å². The highest BCUT2D eigenvalue weighted by Crippen LogP contribution is 2.23. The molecule has 1 aromatic carbocycles. The molecule has 0 bridgehead atoms. The molecule has 0 saturated carbocycles. The van der Waals surface area contributed by atoms with Crippen molar-refractivity contribution in [1.82, 2.24) is 14.8 Å². The summed E-state index contributed by atoms with van der Waals surface area (Å²) >= 11 is 7.65. The molecule has 0 spiro atoms. The molecule has 1 saturated heterocycles. The fourth-order valence-corrected chi connectivity index (χ4v) is 4.87. The summed E-state index contributed by atoms with van der Waals surface area (Å²) in [6.07, 6.45) is 4.54. The lowest BCUT2D eigenvalue weighted by Gasteiger charge is -2.34. The number of amides is 1. The van der Waals surface area contributed by atoms with E-state index in [0.29, 0.717) is 6.42 Å². The van der Waals surface area contributed by atoms with Gasteiger partial charge in [0, 0.05) is 61.1 Å². The van der Waals surface area contributed by atoms with E-state index >= 15 is 0 Å². The number of carbonyl (C=O) groups excluding carboxylic acids is 1. The van der Waals surface area contributed by atoms with Crippen LogP contribution in [0.2, 0.25) is 4.34 Å². The number of halogens is 1. The molecule has 142 valence electrons. The maximum Gasteiger partial charge on any atom is 0.222 e. The van der Waals surface area contributed by atoms with E-state index in [0.717, 1.165) is 49.9 Å². The van der Waals surface area contributed by atoms with Crippen LogP contribution in [0.25, 0.3) is 10.9 Å². The SMILES string of the molecule is O=C(CCCc1c[nH]c2ccccc12)N1CCN(Cc2ccc(Cl)s2)CC1. The minimum absolute atomic E-state index is 0.286. The first-order chi connectivity index (χ1) is 13.2. The summed E-state index contributed by atoms with van der Waals surface area (Å²) in [5, 5.41) is 1.27. The lowest BCUT2D eigenvalue weighted by atomic mass is 10.1. The molecule has 3 aromatic rings. The number of hydrogen-bond acceptors (Lipinski definition) is 3. The van der Waals surface area contributed by atoms with E-state index in [-0.39, 0.29) is 5.91 Å². The molecule has 1 aliphatic heterocycles. The number of piperazine rings is 1. The number of nitrogens with zero attached hydrogens (tertiary/aromatic N) is 2. The lowest BCUT2D eigenvalue weighted by molar-refractivity contribution is -0.133. The Balaban J connectivity index is 1.21. The molecule has 6 heteroatoms. The fraction of sp³-hybridized carbons (Fsp3) is 0.381. The van der Waals surface area contributed by atoms with E-state index in [1.165, 1.54) is 21.3 Å². The van der Waals surface area contributed by atoms with Crippen LogP contribution in [0.3, 0.4) is 0 Å². The molecule has 1 amide bonds. The van der Waals surface area contributed by atoms with E-state index in [9.17, 15) is 4.79 Å². The second-order valence-electron chi connectivity index (χ2n) is 7.08. The van der Waals surface area contributed by atoms with Crippen LogP contribution in [-0.2, 0) is 17.8 Å². The number of rotatable bonds is 6. The largest absolute Gasteiger partial charge is 0.361 e. The molecule has 1 N–H and O–H groups in total. The van der Waals surface area contributed by atoms with Gasteiger partial charge in [-0.25, -0.2) is 0 Å². The van der Waals surface area contributed by atoms with Crippen molar-refractivity contribution in [2.75, 3.05) is 26.2 Å². The molecule has 0 aliphatic carbocycles. The third kappa shape index (κ3) is 4.54. The first-order valence-electron chi connectivity index (χ1n) is 9.48. The van der Waals surface area contributed by atoms with Crippen molar-refractivity contribution in [3.63, 3.8) is 0 Å². The minimum atomic E-state index is 0.286. The third-order valence-corrected chi connectivity index (χ3v) is 6.46. The highest BCUT2D eigenvalue weighted by molar-refractivity contribution is 7.16. The Labute approximate surface area is 168 Å². The summed E-state index contributed by atoms with van der Waals surface area (Å²) in [4.78, 5) is 21.6. The summed E-state index contributed by atoms with van der Waals surface area (Å²) in [6.45, 7) is 4.45. The van der Waals surface area contributed by atoms with Crippen LogP contribution in [0, 0.1) is 0 Å². The van der Waals surface area contributed by atoms with Gasteiger partial charge in [-0.3, -0.25) is 9.69 Å². The highest BCUT2D eigenvalue weighted by atomic mass is 35.5. The van der Waals surface area contributed by atoms with E-state index in [1.807, 2.05) is 17.0 Å². The molecule has 4 rings (SSSR count). The number of carbonyl (C=O) groups is 1. The third-order valence-electron chi connectivity index (χ3n) is 5.24. The van der Waals surface area contributed by atoms with Gasteiger partial charge in [-0.15, -0.1) is 11.3 Å². The first kappa shape index (κ1) is 18.5. The smallest absolute Gasteiger partial charge is 0.222 e. The number of nitrogens with one attached hydrogen (secondary N) is 1. The van der Waals surface area contributed by atoms with Crippen molar-refractivity contribution in [1.29, 1.82) is 0 Å². The molecule has 1 fully saturated rings. The van der Waals surface area contributed by atoms with Crippen molar-refractivity contribution in [2.45, 2.75) is 25.8 Å². The van der Waals surface area contributed by atoms with E-state index in [2.05, 4.69) is 40.3 Å². The molecular formula is C21H24ClN3OS. The van der Waals surface area contributed by atoms with Gasteiger partial charge < -0.3 is 9.88 Å². The number of aromatic amines is 1. The van der Waals surface area contributed by atoms with Crippen molar-refractivity contribution < 1.29 is 4.79 Å². The Bertz CT molecular complexity index is 911. The van der Waals surface area contributed by atoms with Crippen LogP contribution < -0.4 is 0 Å². The first-order valence-corrected chi connectivity index (χ1v) is 10.7. The second kappa shape index (κ2) is 8.46. The minimum Gasteiger partial charge on any atom is -0.361 e. The zero-order valence-electron chi connectivity index (χ0n) is 15.3. The van der Waals surface area contributed by atoms with Gasteiger partial charge in [-0.2, -0.15) is 0 Å². The van der Waals surface area contributed by atoms with Gasteiger partial charge >= 0.3 is 0 Å². The number of benzene rings is 1. The molecule has 4 nitrogen and oxygen atoms in total. The zero-order valence-corrected chi connectivity index (χ0v) is 16.9. The van der Waals surface area contributed by atoms with Crippen molar-refractivity contribution in [2.24, 2.45) is 0 Å². The number of aryl methyl sites for hydroxylation is 1. The molecule has 0 radical (unpaired) electrons. The number of fused-ring (bicyclic) bond motifs is 1. The standard InChI is InChI=1S/C21H24ClN3OS/c22-20-9-8-17(27-20)15-24-10-12-25(13-11-24)21(26)7-3-4-16-14-23-19-6-2-1-5-18(16)19/h1-2,5-6,8-9,14,23H,3-4,7,10-13,15H2. The molecule has 0 atom stereocenters. The quantitative estimate of drug-likeness (QED) is 0.658. The van der Waals surface area contributed by atoms with Gasteiger partial charge in [0.15, 0.2) is 0 Å². The number of hydrogen-bond donors (Lipinski definition) is 1. The molecule has 0 unspecified atom stereocenters. The summed E-state index contributed by atoms with van der Waals surface area (Å²) < 4.78 is 0.842. The van der Waals surface area contributed by atoms with E-state index < -0.39 is 0 Å². The summed E-state index contributed by atoms with van der Waals surface area (Å²) in [5.41, 5.74) is 2.47. The molecule has 1 aliphatic rings. The summed E-state index contributed by atoms with van der Waals surface area (Å²) in [7, 11) is 0. The summed E-state index contributed by atoms with van der Waals surface area (Å²) in [6, 6.07) is 12.4. The highest BCUT2D eigenvalue weighted by Gasteiger charge is 2.21. The monoisotopic (exact) mass is 401 g/mol. The van der Waals surface area contributed by atoms with Crippen LogP contribution >= 0.6 is 22.9 Å². The normalized spacial score (nSPS) is 15.5. The van der Waals surface area contributed by atoms with Crippen molar-refractivity contribution >= 4 is 39.7 Å². The van der Waals surface area contributed by atoms with Crippen LogP contribution in [0.4, 0.5) is 0 Å².